The van der Waals surface area contributed by atoms with Crippen LogP contribution < -0.4 is 4.18 Å². The second-order valence-corrected chi connectivity index (χ2v) is 5.78. The van der Waals surface area contributed by atoms with Crippen LogP contribution in [0.5, 0.6) is 5.75 Å². The highest BCUT2D eigenvalue weighted by atomic mass is 32.2. The Morgan fingerprint density at radius 2 is 1.55 bits per heavy atom. The van der Waals surface area contributed by atoms with E-state index in [1.54, 1.807) is 30.3 Å². The van der Waals surface area contributed by atoms with Gasteiger partial charge in [-0.25, -0.2) is 0 Å². The molecule has 0 aliphatic rings. The van der Waals surface area contributed by atoms with E-state index in [4.69, 9.17) is 4.18 Å². The Bertz CT molecular complexity index is 834. The SMILES string of the molecule is O=S(=O)(Oc1cc[c]c2ccccc12)c1ccccc1. The van der Waals surface area contributed by atoms with Crippen LogP contribution in [-0.4, -0.2) is 8.42 Å². The Balaban J connectivity index is 2.06. The summed E-state index contributed by atoms with van der Waals surface area (Å²) >= 11 is 0. The van der Waals surface area contributed by atoms with E-state index in [9.17, 15) is 8.42 Å². The highest BCUT2D eigenvalue weighted by molar-refractivity contribution is 7.87. The molecule has 0 aromatic heterocycles. The standard InChI is InChI=1S/C16H11O3S/c17-20(18,14-9-2-1-3-10-14)19-16-12-6-8-13-7-4-5-11-15(13)16/h1-7,9-12H. The fraction of sp³-hybridized carbons (Fsp3) is 0. The summed E-state index contributed by atoms with van der Waals surface area (Å²) in [6, 6.07) is 21.7. The molecule has 0 aliphatic carbocycles. The van der Waals surface area contributed by atoms with E-state index in [0.717, 1.165) is 10.8 Å². The summed E-state index contributed by atoms with van der Waals surface area (Å²) < 4.78 is 29.7. The van der Waals surface area contributed by atoms with Crippen LogP contribution in [0.3, 0.4) is 0 Å². The normalized spacial score (nSPS) is 11.4. The largest absolute Gasteiger partial charge is 0.378 e. The summed E-state index contributed by atoms with van der Waals surface area (Å²) in [4.78, 5) is 0.136. The molecule has 3 nitrogen and oxygen atoms in total. The van der Waals surface area contributed by atoms with Gasteiger partial charge in [-0.05, 0) is 35.7 Å². The number of fused-ring (bicyclic) bond motifs is 1. The maximum Gasteiger partial charge on any atom is 0.339 e. The lowest BCUT2D eigenvalue weighted by atomic mass is 10.1. The van der Waals surface area contributed by atoms with Gasteiger partial charge < -0.3 is 4.18 Å². The highest BCUT2D eigenvalue weighted by Gasteiger charge is 2.17. The number of benzene rings is 3. The Kier molecular flexibility index (Phi) is 3.16. The summed E-state index contributed by atoms with van der Waals surface area (Å²) in [5, 5.41) is 1.53. The molecule has 0 atom stereocenters. The minimum Gasteiger partial charge on any atom is -0.378 e. The molecule has 99 valence electrons. The second kappa shape index (κ2) is 4.98. The van der Waals surface area contributed by atoms with Crippen molar-refractivity contribution in [2.24, 2.45) is 0 Å². The number of hydrogen-bond donors (Lipinski definition) is 0. The third-order valence-electron chi connectivity index (χ3n) is 2.90. The van der Waals surface area contributed by atoms with Crippen LogP contribution in [0.1, 0.15) is 0 Å². The van der Waals surface area contributed by atoms with Crippen molar-refractivity contribution in [1.82, 2.24) is 0 Å². The molecule has 0 bridgehead atoms. The number of hydrogen-bond acceptors (Lipinski definition) is 3. The molecule has 0 aliphatic heterocycles. The van der Waals surface area contributed by atoms with Crippen LogP contribution >= 0.6 is 0 Å². The van der Waals surface area contributed by atoms with E-state index in [1.807, 2.05) is 24.3 Å². The van der Waals surface area contributed by atoms with Crippen LogP contribution in [0.25, 0.3) is 10.8 Å². The third-order valence-corrected chi connectivity index (χ3v) is 4.15. The Hall–Kier alpha value is -2.33. The van der Waals surface area contributed by atoms with E-state index in [-0.39, 0.29) is 4.90 Å². The lowest BCUT2D eigenvalue weighted by Gasteiger charge is -2.09. The van der Waals surface area contributed by atoms with Crippen molar-refractivity contribution in [3.05, 3.63) is 72.8 Å². The van der Waals surface area contributed by atoms with Gasteiger partial charge in [0.2, 0.25) is 0 Å². The molecule has 3 aromatic rings. The van der Waals surface area contributed by atoms with Gasteiger partial charge >= 0.3 is 10.1 Å². The van der Waals surface area contributed by atoms with Gasteiger partial charge in [0.05, 0.1) is 0 Å². The molecular formula is C16H11O3S. The topological polar surface area (TPSA) is 43.4 Å². The summed E-state index contributed by atoms with van der Waals surface area (Å²) in [7, 11) is -3.82. The zero-order valence-corrected chi connectivity index (χ0v) is 11.3. The fourth-order valence-corrected chi connectivity index (χ4v) is 2.92. The Labute approximate surface area is 117 Å². The molecular weight excluding hydrogens is 272 g/mol. The first kappa shape index (κ1) is 12.7. The molecule has 1 radical (unpaired) electrons. The van der Waals surface area contributed by atoms with Crippen molar-refractivity contribution in [1.29, 1.82) is 0 Å². The molecule has 3 aromatic carbocycles. The maximum atomic E-state index is 12.2. The van der Waals surface area contributed by atoms with Crippen molar-refractivity contribution >= 4 is 20.9 Å². The van der Waals surface area contributed by atoms with Gasteiger partial charge in [-0.3, -0.25) is 0 Å². The molecule has 3 rings (SSSR count). The zero-order valence-electron chi connectivity index (χ0n) is 10.5. The molecule has 0 heterocycles. The quantitative estimate of drug-likeness (QED) is 0.692. The lowest BCUT2D eigenvalue weighted by molar-refractivity contribution is 0.488. The lowest BCUT2D eigenvalue weighted by Crippen LogP contribution is -2.09. The maximum absolute atomic E-state index is 12.2. The summed E-state index contributed by atoms with van der Waals surface area (Å²) in [6.07, 6.45) is 0. The van der Waals surface area contributed by atoms with Crippen LogP contribution in [0.2, 0.25) is 0 Å². The molecule has 0 amide bonds. The summed E-state index contributed by atoms with van der Waals surface area (Å²) in [6.45, 7) is 0. The van der Waals surface area contributed by atoms with Gasteiger partial charge in [-0.15, -0.1) is 0 Å². The van der Waals surface area contributed by atoms with E-state index >= 15 is 0 Å². The number of rotatable bonds is 3. The molecule has 0 N–H and O–H groups in total. The minimum atomic E-state index is -3.82. The smallest absolute Gasteiger partial charge is 0.339 e. The summed E-state index contributed by atoms with van der Waals surface area (Å²) in [5.74, 6) is 0.309. The molecule has 4 heteroatoms. The summed E-state index contributed by atoms with van der Waals surface area (Å²) in [5.41, 5.74) is 0. The van der Waals surface area contributed by atoms with Crippen LogP contribution in [0.15, 0.2) is 71.6 Å². The minimum absolute atomic E-state index is 0.136. The molecule has 0 unspecified atom stereocenters. The molecule has 20 heavy (non-hydrogen) atoms. The van der Waals surface area contributed by atoms with Crippen LogP contribution in [0.4, 0.5) is 0 Å². The monoisotopic (exact) mass is 283 g/mol. The zero-order chi connectivity index (χ0) is 14.0. The van der Waals surface area contributed by atoms with Gasteiger partial charge in [-0.1, -0.05) is 42.5 Å². The first-order valence-corrected chi connectivity index (χ1v) is 7.47. The van der Waals surface area contributed by atoms with Crippen LogP contribution in [0, 0.1) is 6.07 Å². The Morgan fingerprint density at radius 1 is 0.850 bits per heavy atom. The van der Waals surface area contributed by atoms with E-state index in [1.165, 1.54) is 12.1 Å². The predicted octanol–water partition coefficient (Wildman–Crippen LogP) is 3.41. The van der Waals surface area contributed by atoms with E-state index in [2.05, 4.69) is 6.07 Å². The van der Waals surface area contributed by atoms with Gasteiger partial charge in [0.15, 0.2) is 5.75 Å². The van der Waals surface area contributed by atoms with Crippen molar-refractivity contribution in [2.75, 3.05) is 0 Å². The average molecular weight is 283 g/mol. The van der Waals surface area contributed by atoms with Gasteiger partial charge in [-0.2, -0.15) is 8.42 Å². The van der Waals surface area contributed by atoms with Gasteiger partial charge in [0.1, 0.15) is 4.90 Å². The third kappa shape index (κ3) is 2.38. The first-order valence-electron chi connectivity index (χ1n) is 6.06. The first-order chi connectivity index (χ1) is 9.67. The second-order valence-electron chi connectivity index (χ2n) is 4.24. The fourth-order valence-electron chi connectivity index (χ4n) is 1.95. The average Bonchev–Trinajstić information content (AvgIpc) is 2.48. The van der Waals surface area contributed by atoms with Crippen molar-refractivity contribution in [3.63, 3.8) is 0 Å². The molecule has 0 spiro atoms. The molecule has 0 fully saturated rings. The highest BCUT2D eigenvalue weighted by Crippen LogP contribution is 2.27. The predicted molar refractivity (Wildman–Crippen MR) is 77.0 cm³/mol. The van der Waals surface area contributed by atoms with Gasteiger partial charge in [0.25, 0.3) is 0 Å². The Morgan fingerprint density at radius 3 is 2.35 bits per heavy atom. The van der Waals surface area contributed by atoms with Crippen molar-refractivity contribution in [2.45, 2.75) is 4.90 Å². The molecule has 0 saturated heterocycles. The van der Waals surface area contributed by atoms with E-state index < -0.39 is 10.1 Å². The van der Waals surface area contributed by atoms with Crippen LogP contribution in [-0.2, 0) is 10.1 Å². The van der Waals surface area contributed by atoms with Gasteiger partial charge in [0, 0.05) is 5.39 Å². The van der Waals surface area contributed by atoms with Crippen molar-refractivity contribution in [3.8, 4) is 5.75 Å². The molecule has 0 saturated carbocycles. The van der Waals surface area contributed by atoms with E-state index in [0.29, 0.717) is 5.75 Å². The van der Waals surface area contributed by atoms with Crippen molar-refractivity contribution < 1.29 is 12.6 Å².